The van der Waals surface area contributed by atoms with E-state index in [9.17, 15) is 4.79 Å². The average molecular weight is 352 g/mol. The highest BCUT2D eigenvalue weighted by atomic mass is 16.5. The van der Waals surface area contributed by atoms with Crippen LogP contribution in [-0.4, -0.2) is 13.0 Å². The molecule has 0 aromatic heterocycles. The number of rotatable bonds is 7. The van der Waals surface area contributed by atoms with Crippen LogP contribution in [0.4, 0.5) is 5.69 Å². The maximum Gasteiger partial charge on any atom is 0.227 e. The summed E-state index contributed by atoms with van der Waals surface area (Å²) in [5.74, 6) is 1.34. The van der Waals surface area contributed by atoms with Gasteiger partial charge in [0.05, 0.1) is 7.11 Å². The standard InChI is InChI=1S/C22H28N2O2/c1-14-11-17(12-15(2)21(14)26-4)13-23-16(3)18-7-9-20(10-8-18)24-22(25)19-5-6-19/h7-12,16,19,23H,5-6,13H2,1-4H3,(H,24,25). The molecule has 1 saturated carbocycles. The molecule has 0 bridgehead atoms. The summed E-state index contributed by atoms with van der Waals surface area (Å²) in [5.41, 5.74) is 5.65. The minimum atomic E-state index is 0.147. The molecular weight excluding hydrogens is 324 g/mol. The first-order valence-corrected chi connectivity index (χ1v) is 9.26. The highest BCUT2D eigenvalue weighted by Gasteiger charge is 2.29. The van der Waals surface area contributed by atoms with Crippen molar-refractivity contribution in [1.82, 2.24) is 5.32 Å². The monoisotopic (exact) mass is 352 g/mol. The second kappa shape index (κ2) is 7.92. The Bertz CT molecular complexity index is 756. The number of aryl methyl sites for hydroxylation is 2. The van der Waals surface area contributed by atoms with Gasteiger partial charge in [0.1, 0.15) is 5.75 Å². The van der Waals surface area contributed by atoms with Gasteiger partial charge < -0.3 is 15.4 Å². The number of hydrogen-bond donors (Lipinski definition) is 2. The predicted molar refractivity (Wildman–Crippen MR) is 106 cm³/mol. The number of methoxy groups -OCH3 is 1. The lowest BCUT2D eigenvalue weighted by Gasteiger charge is -2.17. The molecule has 1 aliphatic rings. The van der Waals surface area contributed by atoms with E-state index in [1.807, 2.05) is 12.1 Å². The van der Waals surface area contributed by atoms with E-state index in [2.05, 4.69) is 55.7 Å². The highest BCUT2D eigenvalue weighted by molar-refractivity contribution is 5.94. The number of hydrogen-bond acceptors (Lipinski definition) is 3. The molecule has 0 spiro atoms. The zero-order valence-electron chi connectivity index (χ0n) is 16.1. The summed E-state index contributed by atoms with van der Waals surface area (Å²) in [6, 6.07) is 12.7. The average Bonchev–Trinajstić information content (AvgIpc) is 3.45. The Morgan fingerprint density at radius 1 is 1.15 bits per heavy atom. The van der Waals surface area contributed by atoms with Crippen LogP contribution in [0.25, 0.3) is 0 Å². The van der Waals surface area contributed by atoms with Crippen molar-refractivity contribution in [3.05, 3.63) is 58.7 Å². The van der Waals surface area contributed by atoms with Crippen molar-refractivity contribution in [2.24, 2.45) is 5.92 Å². The van der Waals surface area contributed by atoms with Gasteiger partial charge in [-0.15, -0.1) is 0 Å². The van der Waals surface area contributed by atoms with Gasteiger partial charge in [0, 0.05) is 24.2 Å². The minimum Gasteiger partial charge on any atom is -0.496 e. The smallest absolute Gasteiger partial charge is 0.227 e. The summed E-state index contributed by atoms with van der Waals surface area (Å²) >= 11 is 0. The van der Waals surface area contributed by atoms with Crippen molar-refractivity contribution < 1.29 is 9.53 Å². The molecule has 0 aliphatic heterocycles. The zero-order chi connectivity index (χ0) is 18.7. The van der Waals surface area contributed by atoms with Crippen molar-refractivity contribution >= 4 is 11.6 Å². The molecule has 4 nitrogen and oxygen atoms in total. The van der Waals surface area contributed by atoms with Gasteiger partial charge in [-0.25, -0.2) is 0 Å². The van der Waals surface area contributed by atoms with Crippen molar-refractivity contribution in [2.45, 2.75) is 46.2 Å². The third-order valence-electron chi connectivity index (χ3n) is 4.96. The minimum absolute atomic E-state index is 0.147. The molecule has 1 atom stereocenters. The molecule has 138 valence electrons. The highest BCUT2D eigenvalue weighted by Crippen LogP contribution is 2.30. The normalized spacial score (nSPS) is 14.8. The fourth-order valence-electron chi connectivity index (χ4n) is 3.30. The summed E-state index contributed by atoms with van der Waals surface area (Å²) in [7, 11) is 1.71. The lowest BCUT2D eigenvalue weighted by molar-refractivity contribution is -0.117. The van der Waals surface area contributed by atoms with Crippen molar-refractivity contribution in [2.75, 3.05) is 12.4 Å². The Morgan fingerprint density at radius 3 is 2.31 bits per heavy atom. The molecule has 3 rings (SSSR count). The van der Waals surface area contributed by atoms with Crippen molar-refractivity contribution in [1.29, 1.82) is 0 Å². The first kappa shape index (κ1) is 18.5. The number of ether oxygens (including phenoxy) is 1. The fraction of sp³-hybridized carbons (Fsp3) is 0.409. The van der Waals surface area contributed by atoms with Crippen LogP contribution in [0.5, 0.6) is 5.75 Å². The largest absolute Gasteiger partial charge is 0.496 e. The number of amides is 1. The van der Waals surface area contributed by atoms with Gasteiger partial charge in [-0.05, 0) is 68.0 Å². The molecule has 2 aromatic rings. The van der Waals surface area contributed by atoms with E-state index in [0.717, 1.165) is 42.0 Å². The summed E-state index contributed by atoms with van der Waals surface area (Å²) < 4.78 is 5.43. The van der Waals surface area contributed by atoms with Crippen molar-refractivity contribution in [3.63, 3.8) is 0 Å². The van der Waals surface area contributed by atoms with E-state index >= 15 is 0 Å². The van der Waals surface area contributed by atoms with Gasteiger partial charge >= 0.3 is 0 Å². The van der Waals surface area contributed by atoms with Gasteiger partial charge in [0.15, 0.2) is 0 Å². The Labute approximate surface area is 156 Å². The predicted octanol–water partition coefficient (Wildman–Crippen LogP) is 4.51. The number of carbonyl (C=O) groups is 1. The first-order chi connectivity index (χ1) is 12.5. The Kier molecular flexibility index (Phi) is 5.62. The summed E-state index contributed by atoms with van der Waals surface area (Å²) in [4.78, 5) is 11.8. The molecular formula is C22H28N2O2. The summed E-state index contributed by atoms with van der Waals surface area (Å²) in [6.07, 6.45) is 2.05. The van der Waals surface area contributed by atoms with Crippen LogP contribution in [0.1, 0.15) is 48.1 Å². The fourth-order valence-corrected chi connectivity index (χ4v) is 3.30. The van der Waals surface area contributed by atoms with Crippen LogP contribution in [0.3, 0.4) is 0 Å². The summed E-state index contributed by atoms with van der Waals surface area (Å²) in [5, 5.41) is 6.55. The van der Waals surface area contributed by atoms with Crippen LogP contribution >= 0.6 is 0 Å². The quantitative estimate of drug-likeness (QED) is 0.771. The topological polar surface area (TPSA) is 50.4 Å². The van der Waals surface area contributed by atoms with E-state index in [0.29, 0.717) is 0 Å². The van der Waals surface area contributed by atoms with Crippen LogP contribution in [-0.2, 0) is 11.3 Å². The molecule has 26 heavy (non-hydrogen) atoms. The molecule has 4 heteroatoms. The Balaban J connectivity index is 1.57. The maximum absolute atomic E-state index is 11.8. The SMILES string of the molecule is COc1c(C)cc(CNC(C)c2ccc(NC(=O)C3CC3)cc2)cc1C. The van der Waals surface area contributed by atoms with E-state index in [4.69, 9.17) is 4.74 Å². The van der Waals surface area contributed by atoms with Gasteiger partial charge in [-0.2, -0.15) is 0 Å². The molecule has 0 heterocycles. The van der Waals surface area contributed by atoms with Crippen LogP contribution < -0.4 is 15.4 Å². The molecule has 2 N–H and O–H groups in total. The Hall–Kier alpha value is -2.33. The molecule has 0 saturated heterocycles. The zero-order valence-corrected chi connectivity index (χ0v) is 16.1. The van der Waals surface area contributed by atoms with Crippen molar-refractivity contribution in [3.8, 4) is 5.75 Å². The van der Waals surface area contributed by atoms with Gasteiger partial charge in [0.2, 0.25) is 5.91 Å². The molecule has 1 amide bonds. The van der Waals surface area contributed by atoms with E-state index < -0.39 is 0 Å². The van der Waals surface area contributed by atoms with Gasteiger partial charge in [-0.3, -0.25) is 4.79 Å². The molecule has 0 radical (unpaired) electrons. The third kappa shape index (κ3) is 4.44. The Morgan fingerprint density at radius 2 is 1.77 bits per heavy atom. The number of anilines is 1. The van der Waals surface area contributed by atoms with Gasteiger partial charge in [-0.1, -0.05) is 24.3 Å². The van der Waals surface area contributed by atoms with E-state index in [1.165, 1.54) is 11.1 Å². The van der Waals surface area contributed by atoms with Crippen LogP contribution in [0, 0.1) is 19.8 Å². The second-order valence-corrected chi connectivity index (χ2v) is 7.25. The number of nitrogens with one attached hydrogen (secondary N) is 2. The maximum atomic E-state index is 11.8. The number of carbonyl (C=O) groups excluding carboxylic acids is 1. The van der Waals surface area contributed by atoms with E-state index in [1.54, 1.807) is 7.11 Å². The summed E-state index contributed by atoms with van der Waals surface area (Å²) in [6.45, 7) is 7.11. The molecule has 1 aliphatic carbocycles. The lowest BCUT2D eigenvalue weighted by atomic mass is 10.0. The molecule has 2 aromatic carbocycles. The second-order valence-electron chi connectivity index (χ2n) is 7.25. The van der Waals surface area contributed by atoms with E-state index in [-0.39, 0.29) is 17.9 Å². The third-order valence-corrected chi connectivity index (χ3v) is 4.96. The van der Waals surface area contributed by atoms with Crippen LogP contribution in [0.15, 0.2) is 36.4 Å². The molecule has 1 unspecified atom stereocenters. The first-order valence-electron chi connectivity index (χ1n) is 9.26. The molecule has 1 fully saturated rings. The number of benzene rings is 2. The van der Waals surface area contributed by atoms with Crippen LogP contribution in [0.2, 0.25) is 0 Å². The van der Waals surface area contributed by atoms with Gasteiger partial charge in [0.25, 0.3) is 0 Å². The lowest BCUT2D eigenvalue weighted by Crippen LogP contribution is -2.18.